The van der Waals surface area contributed by atoms with Gasteiger partial charge >= 0.3 is 0 Å². The minimum absolute atomic E-state index is 0.166. The SMILES string of the molecule is COc1ccc(C(C)C)cc1C1CCC2(CCCNC2c2ccccc2)NC1. The first-order valence-electron chi connectivity index (χ1n) is 10.8. The number of nitrogens with one attached hydrogen (secondary N) is 2. The van der Waals surface area contributed by atoms with Crippen molar-refractivity contribution in [2.24, 2.45) is 0 Å². The molecule has 0 saturated carbocycles. The summed E-state index contributed by atoms with van der Waals surface area (Å²) < 4.78 is 5.72. The van der Waals surface area contributed by atoms with E-state index in [0.29, 0.717) is 17.9 Å². The van der Waals surface area contributed by atoms with Crippen molar-refractivity contribution in [3.05, 3.63) is 65.2 Å². The average molecular weight is 379 g/mol. The van der Waals surface area contributed by atoms with E-state index in [9.17, 15) is 0 Å². The topological polar surface area (TPSA) is 33.3 Å². The van der Waals surface area contributed by atoms with E-state index in [-0.39, 0.29) is 5.54 Å². The van der Waals surface area contributed by atoms with Gasteiger partial charge in [0.15, 0.2) is 0 Å². The van der Waals surface area contributed by atoms with Gasteiger partial charge in [0.1, 0.15) is 5.75 Å². The Bertz CT molecular complexity index is 778. The zero-order valence-electron chi connectivity index (χ0n) is 17.5. The van der Waals surface area contributed by atoms with E-state index in [1.807, 2.05) is 0 Å². The molecule has 2 aliphatic rings. The molecular weight excluding hydrogens is 344 g/mol. The summed E-state index contributed by atoms with van der Waals surface area (Å²) in [6.45, 7) is 6.65. The van der Waals surface area contributed by atoms with Crippen LogP contribution >= 0.6 is 0 Å². The van der Waals surface area contributed by atoms with Crippen molar-refractivity contribution in [1.29, 1.82) is 0 Å². The van der Waals surface area contributed by atoms with Crippen molar-refractivity contribution < 1.29 is 4.74 Å². The smallest absolute Gasteiger partial charge is 0.122 e. The predicted molar refractivity (Wildman–Crippen MR) is 116 cm³/mol. The van der Waals surface area contributed by atoms with Crippen molar-refractivity contribution >= 4 is 0 Å². The third kappa shape index (κ3) is 3.70. The summed E-state index contributed by atoms with van der Waals surface area (Å²) in [7, 11) is 1.79. The molecule has 0 bridgehead atoms. The Morgan fingerprint density at radius 3 is 2.57 bits per heavy atom. The number of hydrogen-bond donors (Lipinski definition) is 2. The predicted octanol–water partition coefficient (Wildman–Crippen LogP) is 5.15. The Morgan fingerprint density at radius 1 is 1.07 bits per heavy atom. The van der Waals surface area contributed by atoms with Crippen LogP contribution in [0.4, 0.5) is 0 Å². The van der Waals surface area contributed by atoms with Crippen LogP contribution in [0.15, 0.2) is 48.5 Å². The highest BCUT2D eigenvalue weighted by Gasteiger charge is 2.44. The summed E-state index contributed by atoms with van der Waals surface area (Å²) >= 11 is 0. The molecule has 2 aromatic rings. The van der Waals surface area contributed by atoms with Gasteiger partial charge in [-0.1, -0.05) is 56.3 Å². The molecule has 2 aliphatic heterocycles. The summed E-state index contributed by atoms with van der Waals surface area (Å²) in [6.07, 6.45) is 4.89. The molecule has 2 aromatic carbocycles. The number of methoxy groups -OCH3 is 1. The van der Waals surface area contributed by atoms with E-state index in [2.05, 4.69) is 73.0 Å². The molecule has 3 atom stereocenters. The molecule has 4 rings (SSSR count). The number of hydrogen-bond acceptors (Lipinski definition) is 3. The van der Waals surface area contributed by atoms with Gasteiger partial charge in [-0.2, -0.15) is 0 Å². The molecule has 0 amide bonds. The highest BCUT2D eigenvalue weighted by atomic mass is 16.5. The molecule has 150 valence electrons. The van der Waals surface area contributed by atoms with Crippen molar-refractivity contribution in [3.63, 3.8) is 0 Å². The summed E-state index contributed by atoms with van der Waals surface area (Å²) in [4.78, 5) is 0. The number of benzene rings is 2. The van der Waals surface area contributed by atoms with Crippen LogP contribution in [0.5, 0.6) is 5.75 Å². The lowest BCUT2D eigenvalue weighted by molar-refractivity contribution is 0.131. The van der Waals surface area contributed by atoms with Crippen LogP contribution in [0, 0.1) is 0 Å². The van der Waals surface area contributed by atoms with E-state index in [0.717, 1.165) is 18.8 Å². The fourth-order valence-corrected chi connectivity index (χ4v) is 5.18. The second kappa shape index (κ2) is 8.26. The first kappa shape index (κ1) is 19.5. The number of rotatable bonds is 4. The molecular formula is C25H34N2O. The molecule has 28 heavy (non-hydrogen) atoms. The summed E-state index contributed by atoms with van der Waals surface area (Å²) in [5, 5.41) is 7.82. The van der Waals surface area contributed by atoms with Crippen LogP contribution in [0.3, 0.4) is 0 Å². The lowest BCUT2D eigenvalue weighted by Gasteiger charge is -2.50. The lowest BCUT2D eigenvalue weighted by Crippen LogP contribution is -2.60. The fraction of sp³-hybridized carbons (Fsp3) is 0.520. The van der Waals surface area contributed by atoms with Gasteiger partial charge < -0.3 is 15.4 Å². The van der Waals surface area contributed by atoms with Crippen LogP contribution in [0.2, 0.25) is 0 Å². The van der Waals surface area contributed by atoms with Gasteiger partial charge in [0.05, 0.1) is 13.2 Å². The van der Waals surface area contributed by atoms with Gasteiger partial charge in [0.25, 0.3) is 0 Å². The highest BCUT2D eigenvalue weighted by molar-refractivity contribution is 5.41. The largest absolute Gasteiger partial charge is 0.496 e. The van der Waals surface area contributed by atoms with Crippen LogP contribution in [0.1, 0.15) is 74.1 Å². The van der Waals surface area contributed by atoms with E-state index in [1.54, 1.807) is 7.11 Å². The molecule has 2 heterocycles. The molecule has 3 heteroatoms. The molecule has 3 unspecified atom stereocenters. The minimum Gasteiger partial charge on any atom is -0.496 e. The van der Waals surface area contributed by atoms with E-state index >= 15 is 0 Å². The Hall–Kier alpha value is -1.84. The third-order valence-corrected chi connectivity index (χ3v) is 6.83. The second-order valence-corrected chi connectivity index (χ2v) is 8.83. The third-order valence-electron chi connectivity index (χ3n) is 6.83. The van der Waals surface area contributed by atoms with Crippen molar-refractivity contribution in [1.82, 2.24) is 10.6 Å². The zero-order chi connectivity index (χ0) is 19.6. The van der Waals surface area contributed by atoms with Crippen LogP contribution < -0.4 is 15.4 Å². The normalized spacial score (nSPS) is 27.9. The van der Waals surface area contributed by atoms with E-state index in [1.165, 1.54) is 42.4 Å². The molecule has 2 saturated heterocycles. The Morgan fingerprint density at radius 2 is 1.89 bits per heavy atom. The first-order chi connectivity index (χ1) is 13.6. The van der Waals surface area contributed by atoms with Gasteiger partial charge in [-0.3, -0.25) is 0 Å². The van der Waals surface area contributed by atoms with E-state index in [4.69, 9.17) is 4.74 Å². The highest BCUT2D eigenvalue weighted by Crippen LogP contribution is 2.43. The summed E-state index contributed by atoms with van der Waals surface area (Å²) in [5.74, 6) is 2.09. The van der Waals surface area contributed by atoms with E-state index < -0.39 is 0 Å². The van der Waals surface area contributed by atoms with Crippen molar-refractivity contribution in [3.8, 4) is 5.75 Å². The zero-order valence-corrected chi connectivity index (χ0v) is 17.5. The molecule has 0 aliphatic carbocycles. The Labute approximate surface area is 169 Å². The monoisotopic (exact) mass is 378 g/mol. The standard InChI is InChI=1S/C25H34N2O/c1-18(2)20-10-11-23(28-3)22(16-20)21-12-14-25(27-17-21)13-7-15-26-24(25)19-8-5-4-6-9-19/h4-6,8-11,16,18,21,24,26-27H,7,12-15,17H2,1-3H3. The van der Waals surface area contributed by atoms with Gasteiger partial charge in [0.2, 0.25) is 0 Å². The maximum Gasteiger partial charge on any atom is 0.122 e. The average Bonchev–Trinajstić information content (AvgIpc) is 2.75. The maximum atomic E-state index is 5.72. The summed E-state index contributed by atoms with van der Waals surface area (Å²) in [6, 6.07) is 18.1. The van der Waals surface area contributed by atoms with Gasteiger partial charge in [-0.25, -0.2) is 0 Å². The number of piperidine rings is 2. The minimum atomic E-state index is 0.166. The maximum absolute atomic E-state index is 5.72. The van der Waals surface area contributed by atoms with Crippen LogP contribution in [0.25, 0.3) is 0 Å². The molecule has 0 radical (unpaired) electrons. The van der Waals surface area contributed by atoms with Gasteiger partial charge in [-0.05, 0) is 60.9 Å². The first-order valence-corrected chi connectivity index (χ1v) is 10.8. The molecule has 0 aromatic heterocycles. The molecule has 3 nitrogen and oxygen atoms in total. The van der Waals surface area contributed by atoms with Gasteiger partial charge in [-0.15, -0.1) is 0 Å². The second-order valence-electron chi connectivity index (χ2n) is 8.83. The molecule has 2 fully saturated rings. The van der Waals surface area contributed by atoms with Crippen molar-refractivity contribution in [2.45, 2.75) is 62.9 Å². The number of ether oxygens (including phenoxy) is 1. The van der Waals surface area contributed by atoms with Gasteiger partial charge in [0, 0.05) is 18.0 Å². The van der Waals surface area contributed by atoms with Crippen LogP contribution in [-0.2, 0) is 0 Å². The van der Waals surface area contributed by atoms with Crippen molar-refractivity contribution in [2.75, 3.05) is 20.2 Å². The lowest BCUT2D eigenvalue weighted by atomic mass is 9.71. The molecule has 1 spiro atoms. The Kier molecular flexibility index (Phi) is 5.75. The Balaban J connectivity index is 1.56. The quantitative estimate of drug-likeness (QED) is 0.772. The fourth-order valence-electron chi connectivity index (χ4n) is 5.18. The summed E-state index contributed by atoms with van der Waals surface area (Å²) in [5.41, 5.74) is 4.35. The molecule has 2 N–H and O–H groups in total. The van der Waals surface area contributed by atoms with Crippen LogP contribution in [-0.4, -0.2) is 25.7 Å².